The van der Waals surface area contributed by atoms with Crippen molar-refractivity contribution in [3.63, 3.8) is 0 Å². The number of nitrogens with one attached hydrogen (secondary N) is 4. The highest BCUT2D eigenvalue weighted by Crippen LogP contribution is 2.52. The van der Waals surface area contributed by atoms with E-state index in [0.717, 1.165) is 36.4 Å². The zero-order valence-electron chi connectivity index (χ0n) is 36.9. The summed E-state index contributed by atoms with van der Waals surface area (Å²) in [4.78, 5) is 44.0. The molecule has 2 aliphatic heterocycles. The van der Waals surface area contributed by atoms with Crippen LogP contribution in [0.4, 0.5) is 64.1 Å². The topological polar surface area (TPSA) is 217 Å². The number of hydrogen-bond acceptors (Lipinski definition) is 12. The second-order valence-corrected chi connectivity index (χ2v) is 22.2. The average molecular weight is 1090 g/mol. The van der Waals surface area contributed by atoms with Crippen LogP contribution in [0, 0.1) is 11.8 Å². The van der Waals surface area contributed by atoms with Crippen LogP contribution in [0.1, 0.15) is 59.1 Å². The minimum Gasteiger partial charge on any atom is -0.428 e. The highest BCUT2D eigenvalue weighted by Gasteiger charge is 2.72. The van der Waals surface area contributed by atoms with Gasteiger partial charge in [-0.2, -0.15) is 52.7 Å². The largest absolute Gasteiger partial charge is 0.430 e. The summed E-state index contributed by atoms with van der Waals surface area (Å²) in [5, 5.41) is 29.3. The second-order valence-electron chi connectivity index (χ2n) is 18.1. The summed E-state index contributed by atoms with van der Waals surface area (Å²) in [6.07, 6.45) is -22.7. The van der Waals surface area contributed by atoms with Crippen LogP contribution >= 0.6 is 0 Å². The maximum atomic E-state index is 15.1. The number of halogens is 12. The van der Waals surface area contributed by atoms with Gasteiger partial charge in [-0.25, -0.2) is 21.6 Å². The first kappa shape index (κ1) is 53.5. The molecule has 4 aromatic carbocycles. The molecule has 0 bridgehead atoms. The van der Waals surface area contributed by atoms with Crippen LogP contribution in [0.3, 0.4) is 0 Å². The van der Waals surface area contributed by atoms with Crippen molar-refractivity contribution in [3.8, 4) is 0 Å². The Bertz CT molecular complexity index is 3080. The summed E-state index contributed by atoms with van der Waals surface area (Å²) in [5.74, 6) is -5.58. The quantitative estimate of drug-likeness (QED) is 0.0439. The molecule has 4 aliphatic rings. The number of alkyl halides is 12. The molecule has 2 heterocycles. The second kappa shape index (κ2) is 17.7. The molecule has 2 unspecified atom stereocenters. The highest BCUT2D eigenvalue weighted by atomic mass is 32.2. The van der Waals surface area contributed by atoms with Crippen LogP contribution in [0.25, 0.3) is 0 Å². The molecule has 2 amide bonds. The van der Waals surface area contributed by atoms with E-state index in [4.69, 9.17) is 4.74 Å². The fourth-order valence-corrected chi connectivity index (χ4v) is 12.1. The van der Waals surface area contributed by atoms with Crippen LogP contribution in [0.15, 0.2) is 94.7 Å². The van der Waals surface area contributed by atoms with Gasteiger partial charge in [0.2, 0.25) is 5.54 Å². The summed E-state index contributed by atoms with van der Waals surface area (Å²) in [6.45, 7) is -1.04. The molecule has 394 valence electrons. The van der Waals surface area contributed by atoms with Crippen molar-refractivity contribution >= 4 is 48.8 Å². The minimum absolute atomic E-state index is 0.0304. The molecule has 2 saturated carbocycles. The number of ether oxygens (including phenoxy) is 1. The molecule has 6 N–H and O–H groups in total. The number of amides is 2. The van der Waals surface area contributed by atoms with Crippen molar-refractivity contribution in [2.24, 2.45) is 11.8 Å². The van der Waals surface area contributed by atoms with Gasteiger partial charge in [0.15, 0.2) is 19.7 Å². The standard InChI is InChI=1S/C45H38F12N4O10S2/c46-42(47,48)40(65,43(49,50)51)27-5-9-29(10-6-27)60-35(62)38(33-15-13-31(17-25(33)19-58-38)72(67,68)21-23-1-2-23)37(64)71-39(34-16-14-32(18-26(34)20-59-39)73(69,70)22-24-3-4-24)36(63)61-30-11-7-28(8-12-30)41(66,44(52,53)54)45(55,56)57/h5-18,23-24,58-59,65-66H,1-4,19-22H2,(H,60,62)(H,61,63). The van der Waals surface area contributed by atoms with Crippen molar-refractivity contribution in [2.45, 2.75) is 95.7 Å². The van der Waals surface area contributed by atoms with E-state index in [-0.39, 0.29) is 79.7 Å². The van der Waals surface area contributed by atoms with E-state index in [9.17, 15) is 89.3 Å². The van der Waals surface area contributed by atoms with E-state index in [0.29, 0.717) is 49.9 Å². The van der Waals surface area contributed by atoms with Gasteiger partial charge in [-0.15, -0.1) is 0 Å². The number of fused-ring (bicyclic) bond motifs is 2. The fraction of sp³-hybridized carbons (Fsp3) is 0.400. The molecule has 2 aliphatic carbocycles. The SMILES string of the molecule is O=C(Nc1ccc(C(O)(C(F)(F)F)C(F)(F)F)cc1)C1(OC(=O)C2(C(=O)Nc3ccc(C(O)(C(F)(F)F)C(F)(F)F)cc3)NCc3cc(S(=O)(=O)CC4CC4)ccc32)NCc2cc(S(=O)(=O)CC3CC3)ccc21. The number of anilines is 2. The predicted octanol–water partition coefficient (Wildman–Crippen LogP) is 6.75. The summed E-state index contributed by atoms with van der Waals surface area (Å²) < 4.78 is 224. The van der Waals surface area contributed by atoms with Crippen LogP contribution in [-0.2, 0) is 74.4 Å². The smallest absolute Gasteiger partial charge is 0.428 e. The maximum Gasteiger partial charge on any atom is 0.430 e. The Hall–Kier alpha value is -5.81. The van der Waals surface area contributed by atoms with Crippen molar-refractivity contribution in [1.82, 2.24) is 10.6 Å². The van der Waals surface area contributed by atoms with E-state index in [1.54, 1.807) is 0 Å². The number of rotatable bonds is 14. The summed E-state index contributed by atoms with van der Waals surface area (Å²) >= 11 is 0. The lowest BCUT2D eigenvalue weighted by atomic mass is 9.88. The zero-order chi connectivity index (χ0) is 53.8. The van der Waals surface area contributed by atoms with E-state index < -0.39 is 120 Å². The third-order valence-electron chi connectivity index (χ3n) is 13.0. The van der Waals surface area contributed by atoms with Gasteiger partial charge in [0.05, 0.1) is 21.3 Å². The minimum atomic E-state index is -6.30. The van der Waals surface area contributed by atoms with Gasteiger partial charge in [0.1, 0.15) is 0 Å². The molecule has 4 aromatic rings. The Balaban J connectivity index is 1.21. The van der Waals surface area contributed by atoms with Gasteiger partial charge >= 0.3 is 30.7 Å². The van der Waals surface area contributed by atoms with Crippen molar-refractivity contribution in [3.05, 3.63) is 118 Å². The molecule has 0 saturated heterocycles. The molecule has 2 atom stereocenters. The Labute approximate surface area is 405 Å². The van der Waals surface area contributed by atoms with Gasteiger partial charge in [-0.1, -0.05) is 36.4 Å². The first-order valence-electron chi connectivity index (χ1n) is 21.6. The molecule has 28 heteroatoms. The van der Waals surface area contributed by atoms with Gasteiger partial charge < -0.3 is 25.6 Å². The molecule has 0 radical (unpaired) electrons. The molecule has 0 aromatic heterocycles. The number of sulfone groups is 2. The summed E-state index contributed by atoms with van der Waals surface area (Å²) in [6, 6.07) is 9.13. The number of esters is 1. The number of carbonyl (C=O) groups excluding carboxylic acids is 3. The Morgan fingerprint density at radius 1 is 0.548 bits per heavy atom. The number of carbonyl (C=O) groups is 3. The van der Waals surface area contributed by atoms with Gasteiger partial charge in [-0.05, 0) is 103 Å². The number of benzene rings is 4. The van der Waals surface area contributed by atoms with Crippen LogP contribution in [0.5, 0.6) is 0 Å². The normalized spacial score (nSPS) is 20.8. The number of aliphatic hydroxyl groups is 2. The van der Waals surface area contributed by atoms with Crippen LogP contribution in [0.2, 0.25) is 0 Å². The fourth-order valence-electron chi connectivity index (χ4n) is 8.59. The summed E-state index contributed by atoms with van der Waals surface area (Å²) in [5.41, 5.74) is -22.1. The lowest BCUT2D eigenvalue weighted by molar-refractivity contribution is -0.376. The Kier molecular flexibility index (Phi) is 12.9. The van der Waals surface area contributed by atoms with Gasteiger partial charge in [0, 0.05) is 41.2 Å². The third kappa shape index (κ3) is 9.31. The lowest BCUT2D eigenvalue weighted by Gasteiger charge is -2.35. The molecular weight excluding hydrogens is 1050 g/mol. The molecular formula is C45H38F12N4O10S2. The monoisotopic (exact) mass is 1090 g/mol. The first-order valence-corrected chi connectivity index (χ1v) is 24.9. The first-order chi connectivity index (χ1) is 33.6. The zero-order valence-corrected chi connectivity index (χ0v) is 38.5. The van der Waals surface area contributed by atoms with E-state index in [1.807, 2.05) is 0 Å². The van der Waals surface area contributed by atoms with Crippen LogP contribution in [-0.4, -0.2) is 81.0 Å². The molecule has 8 rings (SSSR count). The third-order valence-corrected chi connectivity index (χ3v) is 16.8. The highest BCUT2D eigenvalue weighted by molar-refractivity contribution is 7.91. The molecule has 14 nitrogen and oxygen atoms in total. The van der Waals surface area contributed by atoms with Crippen LogP contribution < -0.4 is 21.3 Å². The van der Waals surface area contributed by atoms with E-state index >= 15 is 4.79 Å². The Morgan fingerprint density at radius 3 is 1.32 bits per heavy atom. The Morgan fingerprint density at radius 2 is 0.918 bits per heavy atom. The lowest BCUT2D eigenvalue weighted by Crippen LogP contribution is -2.60. The van der Waals surface area contributed by atoms with Crippen molar-refractivity contribution in [1.29, 1.82) is 0 Å². The van der Waals surface area contributed by atoms with E-state index in [2.05, 4.69) is 21.3 Å². The van der Waals surface area contributed by atoms with Gasteiger partial charge in [0.25, 0.3) is 28.7 Å². The maximum absolute atomic E-state index is 15.1. The van der Waals surface area contributed by atoms with Crippen molar-refractivity contribution < 1.29 is 98.9 Å². The molecule has 73 heavy (non-hydrogen) atoms. The van der Waals surface area contributed by atoms with Gasteiger partial charge in [-0.3, -0.25) is 20.2 Å². The predicted molar refractivity (Wildman–Crippen MR) is 228 cm³/mol. The van der Waals surface area contributed by atoms with Crippen molar-refractivity contribution in [2.75, 3.05) is 22.1 Å². The number of hydrogen-bond donors (Lipinski definition) is 6. The molecule has 2 fully saturated rings. The summed E-state index contributed by atoms with van der Waals surface area (Å²) in [7, 11) is -7.96. The molecule has 0 spiro atoms. The van der Waals surface area contributed by atoms with E-state index in [1.165, 1.54) is 0 Å². The average Bonchev–Trinajstić information content (AvgIpc) is 4.22.